The van der Waals surface area contributed by atoms with Crippen molar-refractivity contribution in [3.05, 3.63) is 53.6 Å². The summed E-state index contributed by atoms with van der Waals surface area (Å²) in [5.41, 5.74) is 1.62. The fourth-order valence-electron chi connectivity index (χ4n) is 3.54. The minimum Gasteiger partial charge on any atom is -0.497 e. The second-order valence-electron chi connectivity index (χ2n) is 7.09. The molecule has 0 aliphatic carbocycles. The van der Waals surface area contributed by atoms with Gasteiger partial charge in [0.1, 0.15) is 5.75 Å². The SMILES string of the molecule is COc1cccc(C(=O)N2CCN(C(=O)CCc3ccc(OC)c(OC)c3)CC2)c1. The Kier molecular flexibility index (Phi) is 7.17. The molecule has 1 aliphatic heterocycles. The van der Waals surface area contributed by atoms with Gasteiger partial charge in [0.25, 0.3) is 5.91 Å². The normalized spacial score (nSPS) is 13.7. The lowest BCUT2D eigenvalue weighted by atomic mass is 10.1. The largest absolute Gasteiger partial charge is 0.497 e. The molecule has 0 unspecified atom stereocenters. The molecule has 0 spiro atoms. The summed E-state index contributed by atoms with van der Waals surface area (Å²) in [7, 11) is 4.77. The summed E-state index contributed by atoms with van der Waals surface area (Å²) < 4.78 is 15.8. The highest BCUT2D eigenvalue weighted by molar-refractivity contribution is 5.94. The van der Waals surface area contributed by atoms with Crippen LogP contribution in [0, 0.1) is 0 Å². The van der Waals surface area contributed by atoms with Crippen molar-refractivity contribution in [2.45, 2.75) is 12.8 Å². The monoisotopic (exact) mass is 412 g/mol. The molecule has 160 valence electrons. The van der Waals surface area contributed by atoms with E-state index in [0.29, 0.717) is 61.8 Å². The molecular weight excluding hydrogens is 384 g/mol. The van der Waals surface area contributed by atoms with Crippen molar-refractivity contribution in [1.29, 1.82) is 0 Å². The van der Waals surface area contributed by atoms with Crippen LogP contribution in [0.15, 0.2) is 42.5 Å². The zero-order valence-electron chi connectivity index (χ0n) is 17.7. The second kappa shape index (κ2) is 10.0. The number of rotatable bonds is 7. The Morgan fingerprint density at radius 1 is 0.833 bits per heavy atom. The second-order valence-corrected chi connectivity index (χ2v) is 7.09. The predicted molar refractivity (Wildman–Crippen MR) is 113 cm³/mol. The zero-order chi connectivity index (χ0) is 21.5. The molecule has 0 N–H and O–H groups in total. The number of piperazine rings is 1. The van der Waals surface area contributed by atoms with E-state index in [1.54, 1.807) is 44.4 Å². The van der Waals surface area contributed by atoms with E-state index in [2.05, 4.69) is 0 Å². The average Bonchev–Trinajstić information content (AvgIpc) is 2.81. The Labute approximate surface area is 177 Å². The number of methoxy groups -OCH3 is 3. The van der Waals surface area contributed by atoms with Gasteiger partial charge in [-0.1, -0.05) is 12.1 Å². The van der Waals surface area contributed by atoms with Gasteiger partial charge in [-0.3, -0.25) is 9.59 Å². The van der Waals surface area contributed by atoms with Crippen LogP contribution in [0.4, 0.5) is 0 Å². The maximum absolute atomic E-state index is 12.7. The van der Waals surface area contributed by atoms with Gasteiger partial charge >= 0.3 is 0 Å². The third-order valence-corrected chi connectivity index (χ3v) is 5.31. The summed E-state index contributed by atoms with van der Waals surface area (Å²) in [5, 5.41) is 0. The van der Waals surface area contributed by atoms with Crippen molar-refractivity contribution in [2.24, 2.45) is 0 Å². The van der Waals surface area contributed by atoms with Crippen molar-refractivity contribution in [3.8, 4) is 17.2 Å². The van der Waals surface area contributed by atoms with E-state index in [-0.39, 0.29) is 11.8 Å². The van der Waals surface area contributed by atoms with Crippen molar-refractivity contribution < 1.29 is 23.8 Å². The third kappa shape index (κ3) is 5.03. The third-order valence-electron chi connectivity index (χ3n) is 5.31. The zero-order valence-corrected chi connectivity index (χ0v) is 17.7. The first-order valence-electron chi connectivity index (χ1n) is 9.97. The van der Waals surface area contributed by atoms with Crippen LogP contribution in [0.1, 0.15) is 22.3 Å². The molecule has 0 aromatic heterocycles. The van der Waals surface area contributed by atoms with Gasteiger partial charge in [-0.05, 0) is 42.3 Å². The highest BCUT2D eigenvalue weighted by Crippen LogP contribution is 2.28. The van der Waals surface area contributed by atoms with Crippen LogP contribution >= 0.6 is 0 Å². The summed E-state index contributed by atoms with van der Waals surface area (Å²) in [6.07, 6.45) is 1.04. The number of hydrogen-bond acceptors (Lipinski definition) is 5. The fourth-order valence-corrected chi connectivity index (χ4v) is 3.54. The Morgan fingerprint density at radius 2 is 1.53 bits per heavy atom. The number of carbonyl (C=O) groups excluding carboxylic acids is 2. The fraction of sp³-hybridized carbons (Fsp3) is 0.391. The van der Waals surface area contributed by atoms with Gasteiger partial charge in [-0.2, -0.15) is 0 Å². The van der Waals surface area contributed by atoms with E-state index in [1.807, 2.05) is 29.2 Å². The molecule has 1 heterocycles. The van der Waals surface area contributed by atoms with Crippen molar-refractivity contribution in [3.63, 3.8) is 0 Å². The first-order valence-corrected chi connectivity index (χ1v) is 9.97. The summed E-state index contributed by atoms with van der Waals surface area (Å²) in [4.78, 5) is 29.0. The van der Waals surface area contributed by atoms with Crippen LogP contribution in [0.2, 0.25) is 0 Å². The van der Waals surface area contributed by atoms with Gasteiger partial charge in [0, 0.05) is 38.2 Å². The number of amides is 2. The van der Waals surface area contributed by atoms with Gasteiger partial charge in [-0.25, -0.2) is 0 Å². The summed E-state index contributed by atoms with van der Waals surface area (Å²) in [5.74, 6) is 2.05. The van der Waals surface area contributed by atoms with Crippen molar-refractivity contribution in [2.75, 3.05) is 47.5 Å². The van der Waals surface area contributed by atoms with Crippen LogP contribution in [-0.4, -0.2) is 69.1 Å². The molecule has 0 atom stereocenters. The molecule has 2 aromatic carbocycles. The number of aryl methyl sites for hydroxylation is 1. The molecule has 1 fully saturated rings. The first-order chi connectivity index (χ1) is 14.5. The predicted octanol–water partition coefficient (Wildman–Crippen LogP) is 2.63. The van der Waals surface area contributed by atoms with Crippen LogP contribution in [0.5, 0.6) is 17.2 Å². The van der Waals surface area contributed by atoms with Gasteiger partial charge in [0.15, 0.2) is 11.5 Å². The summed E-state index contributed by atoms with van der Waals surface area (Å²) in [6, 6.07) is 12.8. The molecule has 2 aromatic rings. The number of hydrogen-bond donors (Lipinski definition) is 0. The van der Waals surface area contributed by atoms with Gasteiger partial charge in [-0.15, -0.1) is 0 Å². The van der Waals surface area contributed by atoms with E-state index >= 15 is 0 Å². The number of nitrogens with zero attached hydrogens (tertiary/aromatic N) is 2. The van der Waals surface area contributed by atoms with Gasteiger partial charge < -0.3 is 24.0 Å². The van der Waals surface area contributed by atoms with E-state index in [1.165, 1.54) is 0 Å². The first kappa shape index (κ1) is 21.5. The molecule has 0 radical (unpaired) electrons. The quantitative estimate of drug-likeness (QED) is 0.699. The molecule has 1 saturated heterocycles. The number of carbonyl (C=O) groups is 2. The lowest BCUT2D eigenvalue weighted by Crippen LogP contribution is -2.50. The van der Waals surface area contributed by atoms with Crippen LogP contribution < -0.4 is 14.2 Å². The van der Waals surface area contributed by atoms with Gasteiger partial charge in [0.05, 0.1) is 21.3 Å². The maximum atomic E-state index is 12.7. The summed E-state index contributed by atoms with van der Waals surface area (Å²) in [6.45, 7) is 2.14. The molecule has 2 amide bonds. The van der Waals surface area contributed by atoms with Gasteiger partial charge in [0.2, 0.25) is 5.91 Å². The maximum Gasteiger partial charge on any atom is 0.254 e. The topological polar surface area (TPSA) is 68.3 Å². The minimum atomic E-state index is -0.0358. The van der Waals surface area contributed by atoms with E-state index in [0.717, 1.165) is 5.56 Å². The molecular formula is C23H28N2O5. The highest BCUT2D eigenvalue weighted by Gasteiger charge is 2.25. The summed E-state index contributed by atoms with van der Waals surface area (Å²) >= 11 is 0. The molecule has 7 heteroatoms. The molecule has 3 rings (SSSR count). The molecule has 0 saturated carbocycles. The van der Waals surface area contributed by atoms with E-state index in [4.69, 9.17) is 14.2 Å². The molecule has 7 nitrogen and oxygen atoms in total. The minimum absolute atomic E-state index is 0.0358. The lowest BCUT2D eigenvalue weighted by molar-refractivity contribution is -0.132. The van der Waals surface area contributed by atoms with Crippen LogP contribution in [0.3, 0.4) is 0 Å². The number of ether oxygens (including phenoxy) is 3. The molecule has 30 heavy (non-hydrogen) atoms. The smallest absolute Gasteiger partial charge is 0.254 e. The standard InChI is InChI=1S/C23H28N2O5/c1-28-19-6-4-5-18(16-19)23(27)25-13-11-24(12-14-25)22(26)10-8-17-7-9-20(29-2)21(15-17)30-3/h4-7,9,15-16H,8,10-14H2,1-3H3. The average molecular weight is 412 g/mol. The lowest BCUT2D eigenvalue weighted by Gasteiger charge is -2.35. The molecule has 1 aliphatic rings. The van der Waals surface area contributed by atoms with Crippen LogP contribution in [-0.2, 0) is 11.2 Å². The molecule has 0 bridgehead atoms. The van der Waals surface area contributed by atoms with E-state index < -0.39 is 0 Å². The number of benzene rings is 2. The highest BCUT2D eigenvalue weighted by atomic mass is 16.5. The Morgan fingerprint density at radius 3 is 2.20 bits per heavy atom. The van der Waals surface area contributed by atoms with Crippen LogP contribution in [0.25, 0.3) is 0 Å². The Hall–Kier alpha value is -3.22. The van der Waals surface area contributed by atoms with E-state index in [9.17, 15) is 9.59 Å². The van der Waals surface area contributed by atoms with Crippen molar-refractivity contribution in [1.82, 2.24) is 9.80 Å². The van der Waals surface area contributed by atoms with Crippen molar-refractivity contribution >= 4 is 11.8 Å². The Bertz CT molecular complexity index is 891. The Balaban J connectivity index is 1.51.